The first-order valence-electron chi connectivity index (χ1n) is 7.18. The van der Waals surface area contributed by atoms with E-state index < -0.39 is 0 Å². The summed E-state index contributed by atoms with van der Waals surface area (Å²) in [6.45, 7) is 4.42. The summed E-state index contributed by atoms with van der Waals surface area (Å²) in [5.41, 5.74) is 1.35. The topological polar surface area (TPSA) is 79.9 Å². The number of rotatable bonds is 5. The number of ether oxygens (including phenoxy) is 1. The monoisotopic (exact) mass is 328 g/mol. The van der Waals surface area contributed by atoms with E-state index in [9.17, 15) is 4.79 Å². The van der Waals surface area contributed by atoms with Crippen molar-refractivity contribution >= 4 is 23.1 Å². The van der Waals surface area contributed by atoms with Crippen LogP contribution in [0.1, 0.15) is 22.2 Å². The van der Waals surface area contributed by atoms with Crippen LogP contribution < -0.4 is 10.1 Å². The maximum Gasteiger partial charge on any atom is 0.257 e. The van der Waals surface area contributed by atoms with Gasteiger partial charge in [0.2, 0.25) is 5.88 Å². The minimum Gasteiger partial charge on any atom is -0.478 e. The van der Waals surface area contributed by atoms with E-state index in [2.05, 4.69) is 20.5 Å². The fourth-order valence-corrected chi connectivity index (χ4v) is 2.89. The number of aryl methyl sites for hydroxylation is 1. The van der Waals surface area contributed by atoms with Crippen molar-refractivity contribution in [3.8, 4) is 16.5 Å². The van der Waals surface area contributed by atoms with Gasteiger partial charge in [0.05, 0.1) is 17.2 Å². The van der Waals surface area contributed by atoms with Gasteiger partial charge in [0.15, 0.2) is 5.82 Å². The number of carbonyl (C=O) groups excluding carboxylic acids is 1. The number of anilines is 1. The highest BCUT2D eigenvalue weighted by Crippen LogP contribution is 2.27. The molecule has 3 heterocycles. The van der Waals surface area contributed by atoms with Crippen molar-refractivity contribution in [3.05, 3.63) is 47.0 Å². The molecule has 0 spiro atoms. The first-order valence-corrected chi connectivity index (χ1v) is 8.00. The molecule has 0 atom stereocenters. The highest BCUT2D eigenvalue weighted by molar-refractivity contribution is 7.15. The second-order valence-electron chi connectivity index (χ2n) is 4.85. The normalized spacial score (nSPS) is 10.5. The Balaban J connectivity index is 1.73. The predicted octanol–water partition coefficient (Wildman–Crippen LogP) is 3.49. The van der Waals surface area contributed by atoms with Gasteiger partial charge in [-0.3, -0.25) is 9.89 Å². The molecule has 1 amide bonds. The molecule has 0 aliphatic carbocycles. The van der Waals surface area contributed by atoms with Crippen LogP contribution in [-0.4, -0.2) is 27.7 Å². The van der Waals surface area contributed by atoms with Crippen LogP contribution in [0.2, 0.25) is 0 Å². The Labute approximate surface area is 137 Å². The molecule has 2 N–H and O–H groups in total. The number of nitrogens with one attached hydrogen (secondary N) is 2. The quantitative estimate of drug-likeness (QED) is 0.751. The van der Waals surface area contributed by atoms with Crippen LogP contribution in [0.3, 0.4) is 0 Å². The first kappa shape index (κ1) is 15.2. The Hall–Kier alpha value is -2.67. The molecule has 3 rings (SSSR count). The molecule has 0 aromatic carbocycles. The lowest BCUT2D eigenvalue weighted by molar-refractivity contribution is 0.102. The maximum absolute atomic E-state index is 12.3. The fraction of sp³-hybridized carbons (Fsp3) is 0.188. The van der Waals surface area contributed by atoms with Crippen LogP contribution >= 0.6 is 11.3 Å². The Morgan fingerprint density at radius 2 is 2.22 bits per heavy atom. The van der Waals surface area contributed by atoms with E-state index in [0.29, 0.717) is 23.9 Å². The van der Waals surface area contributed by atoms with Crippen molar-refractivity contribution in [3.63, 3.8) is 0 Å². The molecule has 7 heteroatoms. The van der Waals surface area contributed by atoms with Gasteiger partial charge in [0, 0.05) is 28.8 Å². The number of aromatic amines is 1. The molecule has 6 nitrogen and oxygen atoms in total. The van der Waals surface area contributed by atoms with Crippen LogP contribution in [-0.2, 0) is 0 Å². The van der Waals surface area contributed by atoms with Gasteiger partial charge in [0.1, 0.15) is 0 Å². The lowest BCUT2D eigenvalue weighted by Gasteiger charge is -2.04. The molecule has 0 aliphatic heterocycles. The predicted molar refractivity (Wildman–Crippen MR) is 90.0 cm³/mol. The molecule has 0 unspecified atom stereocenters. The Morgan fingerprint density at radius 1 is 1.35 bits per heavy atom. The van der Waals surface area contributed by atoms with Gasteiger partial charge in [0.25, 0.3) is 5.91 Å². The van der Waals surface area contributed by atoms with Gasteiger partial charge in [-0.05, 0) is 32.0 Å². The number of carbonyl (C=O) groups is 1. The lowest BCUT2D eigenvalue weighted by Crippen LogP contribution is -2.12. The molecule has 0 saturated carbocycles. The fourth-order valence-electron chi connectivity index (χ4n) is 2.06. The van der Waals surface area contributed by atoms with Crippen LogP contribution in [0.25, 0.3) is 10.6 Å². The number of nitrogens with zero attached hydrogens (tertiary/aromatic N) is 2. The Bertz CT molecular complexity index is 825. The second-order valence-corrected chi connectivity index (χ2v) is 6.13. The van der Waals surface area contributed by atoms with Crippen LogP contribution in [0.5, 0.6) is 5.88 Å². The summed E-state index contributed by atoms with van der Waals surface area (Å²) in [7, 11) is 0. The zero-order valence-electron chi connectivity index (χ0n) is 12.8. The van der Waals surface area contributed by atoms with Gasteiger partial charge in [-0.1, -0.05) is 0 Å². The summed E-state index contributed by atoms with van der Waals surface area (Å²) in [5.74, 6) is 0.650. The molecule has 3 aromatic rings. The largest absolute Gasteiger partial charge is 0.478 e. The maximum atomic E-state index is 12.3. The summed E-state index contributed by atoms with van der Waals surface area (Å²) >= 11 is 1.67. The molecule has 0 radical (unpaired) electrons. The van der Waals surface area contributed by atoms with Crippen LogP contribution in [0.4, 0.5) is 5.82 Å². The Morgan fingerprint density at radius 3 is 2.96 bits per heavy atom. The summed E-state index contributed by atoms with van der Waals surface area (Å²) in [4.78, 5) is 18.6. The van der Waals surface area contributed by atoms with Gasteiger partial charge in [-0.15, -0.1) is 11.3 Å². The van der Waals surface area contributed by atoms with E-state index in [1.807, 2.05) is 32.0 Å². The zero-order chi connectivity index (χ0) is 16.2. The van der Waals surface area contributed by atoms with E-state index in [0.717, 1.165) is 10.6 Å². The van der Waals surface area contributed by atoms with E-state index in [4.69, 9.17) is 4.74 Å². The van der Waals surface area contributed by atoms with Gasteiger partial charge in [-0.25, -0.2) is 4.98 Å². The number of hydrogen-bond donors (Lipinski definition) is 2. The van der Waals surface area contributed by atoms with Gasteiger partial charge < -0.3 is 10.1 Å². The first-order chi connectivity index (χ1) is 11.2. The average Bonchev–Trinajstić information content (AvgIpc) is 3.17. The van der Waals surface area contributed by atoms with Crippen molar-refractivity contribution in [2.75, 3.05) is 11.9 Å². The third-order valence-electron chi connectivity index (χ3n) is 3.11. The SMILES string of the molecule is CCOc1cc(C(=O)Nc2cc(-c3ccc(C)s3)[nH]n2)ccn1. The molecule has 0 fully saturated rings. The molecule has 0 saturated heterocycles. The number of hydrogen-bond acceptors (Lipinski definition) is 5. The summed E-state index contributed by atoms with van der Waals surface area (Å²) in [5, 5.41) is 9.83. The molecular formula is C16H16N4O2S. The van der Waals surface area contributed by atoms with Crippen molar-refractivity contribution < 1.29 is 9.53 Å². The zero-order valence-corrected chi connectivity index (χ0v) is 13.6. The second kappa shape index (κ2) is 6.62. The van der Waals surface area contributed by atoms with Crippen LogP contribution in [0, 0.1) is 6.92 Å². The number of aromatic nitrogens is 3. The molecular weight excluding hydrogens is 312 g/mol. The number of thiophene rings is 1. The summed E-state index contributed by atoms with van der Waals surface area (Å²) in [6.07, 6.45) is 1.55. The lowest BCUT2D eigenvalue weighted by atomic mass is 10.2. The number of amides is 1. The molecule has 23 heavy (non-hydrogen) atoms. The minimum absolute atomic E-state index is 0.256. The number of pyridine rings is 1. The van der Waals surface area contributed by atoms with Crippen LogP contribution in [0.15, 0.2) is 36.5 Å². The summed E-state index contributed by atoms with van der Waals surface area (Å²) in [6, 6.07) is 9.12. The van der Waals surface area contributed by atoms with Crippen molar-refractivity contribution in [2.45, 2.75) is 13.8 Å². The van der Waals surface area contributed by atoms with E-state index >= 15 is 0 Å². The molecule has 118 valence electrons. The van der Waals surface area contributed by atoms with Crippen molar-refractivity contribution in [1.29, 1.82) is 0 Å². The highest BCUT2D eigenvalue weighted by Gasteiger charge is 2.11. The third-order valence-corrected chi connectivity index (χ3v) is 4.15. The van der Waals surface area contributed by atoms with Crippen molar-refractivity contribution in [2.24, 2.45) is 0 Å². The molecule has 3 aromatic heterocycles. The standard InChI is InChI=1S/C16H16N4O2S/c1-3-22-15-8-11(6-7-17-15)16(21)18-14-9-12(19-20-14)13-5-4-10(2)23-13/h4-9H,3H2,1-2H3,(H2,18,19,20,21). The van der Waals surface area contributed by atoms with Gasteiger partial charge in [-0.2, -0.15) is 5.10 Å². The average molecular weight is 328 g/mol. The molecule has 0 bridgehead atoms. The third kappa shape index (κ3) is 3.57. The summed E-state index contributed by atoms with van der Waals surface area (Å²) < 4.78 is 5.30. The van der Waals surface area contributed by atoms with E-state index in [1.54, 1.807) is 29.7 Å². The number of H-pyrrole nitrogens is 1. The highest BCUT2D eigenvalue weighted by atomic mass is 32.1. The van der Waals surface area contributed by atoms with E-state index in [1.165, 1.54) is 4.88 Å². The van der Waals surface area contributed by atoms with Gasteiger partial charge >= 0.3 is 0 Å². The smallest absolute Gasteiger partial charge is 0.257 e. The molecule has 0 aliphatic rings. The minimum atomic E-state index is -0.256. The Kier molecular flexibility index (Phi) is 4.38. The van der Waals surface area contributed by atoms with E-state index in [-0.39, 0.29) is 5.91 Å². The van der Waals surface area contributed by atoms with Crippen molar-refractivity contribution in [1.82, 2.24) is 15.2 Å².